The lowest BCUT2D eigenvalue weighted by Gasteiger charge is -2.09. The number of hydrogen-bond acceptors (Lipinski definition) is 2. The van der Waals surface area contributed by atoms with E-state index in [2.05, 4.69) is 12.2 Å². The Morgan fingerprint density at radius 1 is 1.33 bits per heavy atom. The molecule has 0 heterocycles. The fourth-order valence-corrected chi connectivity index (χ4v) is 2.65. The molecule has 2 rings (SSSR count). The van der Waals surface area contributed by atoms with Gasteiger partial charge in [0.15, 0.2) is 0 Å². The molecule has 0 aliphatic heterocycles. The SMILES string of the molecule is CC(C)Oc1ccc(C=CCC2CC2C(C)C(=O)O)cc1. The lowest BCUT2D eigenvalue weighted by atomic mass is 10.0. The van der Waals surface area contributed by atoms with Gasteiger partial charge in [-0.15, -0.1) is 0 Å². The quantitative estimate of drug-likeness (QED) is 0.816. The number of benzene rings is 1. The standard InChI is InChI=1S/C18H24O3/c1-12(2)21-16-9-7-14(8-10-16)5-4-6-15-11-17(15)13(3)18(19)20/h4-5,7-10,12-13,15,17H,6,11H2,1-3H3,(H,19,20). The number of carbonyl (C=O) groups is 1. The van der Waals surface area contributed by atoms with Gasteiger partial charge < -0.3 is 9.84 Å². The molecular formula is C18H24O3. The molecule has 1 fully saturated rings. The molecule has 0 amide bonds. The van der Waals surface area contributed by atoms with Crippen molar-refractivity contribution >= 4 is 12.0 Å². The van der Waals surface area contributed by atoms with Crippen LogP contribution in [-0.2, 0) is 4.79 Å². The van der Waals surface area contributed by atoms with Crippen molar-refractivity contribution in [1.82, 2.24) is 0 Å². The van der Waals surface area contributed by atoms with Gasteiger partial charge in [0.25, 0.3) is 0 Å². The van der Waals surface area contributed by atoms with Crippen LogP contribution in [0.1, 0.15) is 39.2 Å². The van der Waals surface area contributed by atoms with Crippen LogP contribution in [0.4, 0.5) is 0 Å². The van der Waals surface area contributed by atoms with E-state index in [9.17, 15) is 4.79 Å². The average Bonchev–Trinajstić information content (AvgIpc) is 3.18. The number of allylic oxidation sites excluding steroid dienone is 1. The molecule has 0 bridgehead atoms. The van der Waals surface area contributed by atoms with Gasteiger partial charge in [0, 0.05) is 0 Å². The molecule has 21 heavy (non-hydrogen) atoms. The van der Waals surface area contributed by atoms with E-state index in [0.717, 1.165) is 24.2 Å². The Morgan fingerprint density at radius 2 is 2.00 bits per heavy atom. The van der Waals surface area contributed by atoms with Crippen molar-refractivity contribution in [1.29, 1.82) is 0 Å². The Labute approximate surface area is 126 Å². The summed E-state index contributed by atoms with van der Waals surface area (Å²) in [4.78, 5) is 10.9. The molecule has 0 spiro atoms. The molecule has 114 valence electrons. The molecule has 1 aromatic rings. The summed E-state index contributed by atoms with van der Waals surface area (Å²) in [5.74, 6) is 0.896. The molecule has 3 heteroatoms. The summed E-state index contributed by atoms with van der Waals surface area (Å²) < 4.78 is 5.60. The van der Waals surface area contributed by atoms with Crippen LogP contribution < -0.4 is 4.74 Å². The van der Waals surface area contributed by atoms with Crippen molar-refractivity contribution < 1.29 is 14.6 Å². The van der Waals surface area contributed by atoms with Crippen molar-refractivity contribution in [3.05, 3.63) is 35.9 Å². The molecule has 3 nitrogen and oxygen atoms in total. The highest BCUT2D eigenvalue weighted by Gasteiger charge is 2.42. The van der Waals surface area contributed by atoms with E-state index in [4.69, 9.17) is 9.84 Å². The van der Waals surface area contributed by atoms with Gasteiger partial charge in [-0.3, -0.25) is 4.79 Å². The predicted molar refractivity (Wildman–Crippen MR) is 84.3 cm³/mol. The van der Waals surface area contributed by atoms with E-state index in [1.165, 1.54) is 0 Å². The topological polar surface area (TPSA) is 46.5 Å². The molecule has 1 aromatic carbocycles. The number of carboxylic acids is 1. The Kier molecular flexibility index (Phi) is 5.05. The van der Waals surface area contributed by atoms with Gasteiger partial charge in [-0.2, -0.15) is 0 Å². The maximum absolute atomic E-state index is 10.9. The van der Waals surface area contributed by atoms with Gasteiger partial charge >= 0.3 is 5.97 Å². The van der Waals surface area contributed by atoms with E-state index in [1.807, 2.05) is 45.0 Å². The molecule has 0 radical (unpaired) electrons. The molecule has 1 saturated carbocycles. The maximum Gasteiger partial charge on any atom is 0.306 e. The van der Waals surface area contributed by atoms with Crippen LogP contribution in [0.15, 0.2) is 30.3 Å². The Morgan fingerprint density at radius 3 is 2.57 bits per heavy atom. The zero-order valence-electron chi connectivity index (χ0n) is 13.0. The fourth-order valence-electron chi connectivity index (χ4n) is 2.65. The van der Waals surface area contributed by atoms with Gasteiger partial charge in [0.2, 0.25) is 0 Å². The lowest BCUT2D eigenvalue weighted by Crippen LogP contribution is -2.12. The first kappa shape index (κ1) is 15.6. The van der Waals surface area contributed by atoms with Crippen molar-refractivity contribution in [2.75, 3.05) is 0 Å². The highest BCUT2D eigenvalue weighted by atomic mass is 16.5. The molecular weight excluding hydrogens is 264 g/mol. The minimum atomic E-state index is -0.674. The number of carboxylic acid groups (broad SMARTS) is 1. The molecule has 0 aromatic heterocycles. The second kappa shape index (κ2) is 6.79. The molecule has 1 N–H and O–H groups in total. The third-order valence-corrected chi connectivity index (χ3v) is 4.01. The Hall–Kier alpha value is -1.77. The van der Waals surface area contributed by atoms with Crippen LogP contribution in [0.25, 0.3) is 6.08 Å². The van der Waals surface area contributed by atoms with Crippen molar-refractivity contribution in [2.24, 2.45) is 17.8 Å². The van der Waals surface area contributed by atoms with Gasteiger partial charge in [-0.1, -0.05) is 31.2 Å². The van der Waals surface area contributed by atoms with Gasteiger partial charge in [0.05, 0.1) is 12.0 Å². The van der Waals surface area contributed by atoms with Crippen LogP contribution in [0.3, 0.4) is 0 Å². The van der Waals surface area contributed by atoms with E-state index in [1.54, 1.807) is 0 Å². The largest absolute Gasteiger partial charge is 0.491 e. The summed E-state index contributed by atoms with van der Waals surface area (Å²) in [6.07, 6.45) is 6.44. The Bertz CT molecular complexity index is 502. The highest BCUT2D eigenvalue weighted by Crippen LogP contribution is 2.46. The van der Waals surface area contributed by atoms with Crippen molar-refractivity contribution in [2.45, 2.75) is 39.7 Å². The summed E-state index contributed by atoms with van der Waals surface area (Å²) >= 11 is 0. The van der Waals surface area contributed by atoms with Crippen LogP contribution in [-0.4, -0.2) is 17.2 Å². The van der Waals surface area contributed by atoms with Crippen LogP contribution in [0.5, 0.6) is 5.75 Å². The van der Waals surface area contributed by atoms with Crippen LogP contribution >= 0.6 is 0 Å². The second-order valence-corrected chi connectivity index (χ2v) is 6.16. The summed E-state index contributed by atoms with van der Waals surface area (Å²) in [6, 6.07) is 8.04. The van der Waals surface area contributed by atoms with Gasteiger partial charge in [-0.25, -0.2) is 0 Å². The second-order valence-electron chi connectivity index (χ2n) is 6.16. The smallest absolute Gasteiger partial charge is 0.306 e. The zero-order chi connectivity index (χ0) is 15.4. The number of hydrogen-bond donors (Lipinski definition) is 1. The normalized spacial score (nSPS) is 22.5. The number of aliphatic carboxylic acids is 1. The van der Waals surface area contributed by atoms with Gasteiger partial charge in [-0.05, 0) is 56.2 Å². The number of rotatable bonds is 7. The number of ether oxygens (including phenoxy) is 1. The van der Waals surface area contributed by atoms with Crippen LogP contribution in [0, 0.1) is 17.8 Å². The third-order valence-electron chi connectivity index (χ3n) is 4.01. The van der Waals surface area contributed by atoms with E-state index in [0.29, 0.717) is 11.8 Å². The first-order valence-electron chi connectivity index (χ1n) is 7.63. The van der Waals surface area contributed by atoms with Crippen molar-refractivity contribution in [3.8, 4) is 5.75 Å². The third kappa shape index (κ3) is 4.62. The lowest BCUT2D eigenvalue weighted by molar-refractivity contribution is -0.141. The van der Waals surface area contributed by atoms with E-state index < -0.39 is 5.97 Å². The summed E-state index contributed by atoms with van der Waals surface area (Å²) in [7, 11) is 0. The summed E-state index contributed by atoms with van der Waals surface area (Å²) in [6.45, 7) is 5.83. The highest BCUT2D eigenvalue weighted by molar-refractivity contribution is 5.70. The zero-order valence-corrected chi connectivity index (χ0v) is 13.0. The summed E-state index contributed by atoms with van der Waals surface area (Å²) in [5, 5.41) is 8.97. The van der Waals surface area contributed by atoms with E-state index >= 15 is 0 Å². The maximum atomic E-state index is 10.9. The average molecular weight is 288 g/mol. The first-order chi connectivity index (χ1) is 9.97. The summed E-state index contributed by atoms with van der Waals surface area (Å²) in [5.41, 5.74) is 1.15. The minimum absolute atomic E-state index is 0.189. The fraction of sp³-hybridized carbons (Fsp3) is 0.500. The van der Waals surface area contributed by atoms with Crippen molar-refractivity contribution in [3.63, 3.8) is 0 Å². The molecule has 3 atom stereocenters. The monoisotopic (exact) mass is 288 g/mol. The minimum Gasteiger partial charge on any atom is -0.491 e. The predicted octanol–water partition coefficient (Wildman–Crippen LogP) is 4.23. The molecule has 0 saturated heterocycles. The van der Waals surface area contributed by atoms with Gasteiger partial charge in [0.1, 0.15) is 5.75 Å². The first-order valence-corrected chi connectivity index (χ1v) is 7.63. The molecule has 3 unspecified atom stereocenters. The molecule has 1 aliphatic rings. The van der Waals surface area contributed by atoms with E-state index in [-0.39, 0.29) is 12.0 Å². The van der Waals surface area contributed by atoms with Crippen LogP contribution in [0.2, 0.25) is 0 Å². The Balaban J connectivity index is 1.79. The molecule has 1 aliphatic carbocycles.